The Kier molecular flexibility index (Phi) is 5.92. The van der Waals surface area contributed by atoms with Gasteiger partial charge in [-0.3, -0.25) is 4.72 Å². The average molecular weight is 463 g/mol. The molecule has 7 nitrogen and oxygen atoms in total. The van der Waals surface area contributed by atoms with E-state index in [2.05, 4.69) is 24.9 Å². The quantitative estimate of drug-likeness (QED) is 0.554. The van der Waals surface area contributed by atoms with Crippen LogP contribution in [0.25, 0.3) is 0 Å². The molecule has 1 fully saturated rings. The SMILES string of the molecule is O=S(=O)(Nc1ccc(Nc2ccnc(N3CCCC3)n2)cc1)c1ccc(C(F)(F)F)cc1. The van der Waals surface area contributed by atoms with Crippen molar-refractivity contribution in [2.75, 3.05) is 28.0 Å². The van der Waals surface area contributed by atoms with E-state index in [9.17, 15) is 21.6 Å². The number of hydrogen-bond acceptors (Lipinski definition) is 6. The van der Waals surface area contributed by atoms with E-state index in [1.807, 2.05) is 0 Å². The van der Waals surface area contributed by atoms with Crippen molar-refractivity contribution in [1.29, 1.82) is 0 Å². The summed E-state index contributed by atoms with van der Waals surface area (Å²) in [5.74, 6) is 1.27. The largest absolute Gasteiger partial charge is 0.416 e. The van der Waals surface area contributed by atoms with Crippen molar-refractivity contribution in [3.05, 3.63) is 66.4 Å². The summed E-state index contributed by atoms with van der Waals surface area (Å²) in [6.07, 6.45) is -0.622. The maximum Gasteiger partial charge on any atom is 0.416 e. The maximum absolute atomic E-state index is 12.7. The van der Waals surface area contributed by atoms with Gasteiger partial charge in [0.15, 0.2) is 0 Å². The normalized spacial score (nSPS) is 14.4. The van der Waals surface area contributed by atoms with E-state index in [0.29, 0.717) is 17.5 Å². The van der Waals surface area contributed by atoms with Crippen LogP contribution in [0.1, 0.15) is 18.4 Å². The molecule has 0 aliphatic carbocycles. The first-order valence-corrected chi connectivity index (χ1v) is 11.3. The smallest absolute Gasteiger partial charge is 0.341 e. The lowest BCUT2D eigenvalue weighted by Gasteiger charge is -2.16. The molecule has 1 saturated heterocycles. The molecule has 0 atom stereocenters. The van der Waals surface area contributed by atoms with E-state index in [1.165, 1.54) is 0 Å². The number of rotatable bonds is 6. The number of alkyl halides is 3. The van der Waals surface area contributed by atoms with E-state index in [1.54, 1.807) is 36.5 Å². The lowest BCUT2D eigenvalue weighted by molar-refractivity contribution is -0.137. The Labute approximate surface area is 183 Å². The summed E-state index contributed by atoms with van der Waals surface area (Å²) >= 11 is 0. The second kappa shape index (κ2) is 8.65. The van der Waals surface area contributed by atoms with Crippen molar-refractivity contribution in [3.8, 4) is 0 Å². The first kappa shape index (κ1) is 21.9. The summed E-state index contributed by atoms with van der Waals surface area (Å²) in [5, 5.41) is 3.15. The number of nitrogens with one attached hydrogen (secondary N) is 2. The first-order chi connectivity index (χ1) is 15.2. The Morgan fingerprint density at radius 2 is 1.50 bits per heavy atom. The standard InChI is InChI=1S/C21H20F3N5O2S/c22-21(23,24)15-3-9-18(10-4-15)32(30,31)28-17-7-5-16(6-8-17)26-19-11-12-25-20(27-19)29-13-1-2-14-29/h3-12,28H,1-2,13-14H2,(H,25,26,27). The third-order valence-electron chi connectivity index (χ3n) is 4.93. The van der Waals surface area contributed by atoms with Crippen LogP contribution in [0.15, 0.2) is 65.7 Å². The molecule has 11 heteroatoms. The fraction of sp³-hybridized carbons (Fsp3) is 0.238. The molecule has 1 aromatic heterocycles. The van der Waals surface area contributed by atoms with E-state index in [-0.39, 0.29) is 10.6 Å². The Bertz CT molecular complexity index is 1180. The Balaban J connectivity index is 1.43. The van der Waals surface area contributed by atoms with Gasteiger partial charge in [-0.15, -0.1) is 0 Å². The minimum absolute atomic E-state index is 0.261. The van der Waals surface area contributed by atoms with E-state index < -0.39 is 21.8 Å². The summed E-state index contributed by atoms with van der Waals surface area (Å²) < 4.78 is 65.3. The molecule has 2 N–H and O–H groups in total. The van der Waals surface area contributed by atoms with Crippen molar-refractivity contribution in [2.24, 2.45) is 0 Å². The highest BCUT2D eigenvalue weighted by Crippen LogP contribution is 2.30. The molecule has 0 radical (unpaired) electrons. The van der Waals surface area contributed by atoms with Crippen LogP contribution in [-0.4, -0.2) is 31.5 Å². The number of anilines is 4. The van der Waals surface area contributed by atoms with Crippen LogP contribution in [0.4, 0.5) is 36.3 Å². The molecule has 2 aromatic carbocycles. The highest BCUT2D eigenvalue weighted by atomic mass is 32.2. The molecule has 0 spiro atoms. The minimum atomic E-state index is -4.53. The molecule has 1 aliphatic heterocycles. The highest BCUT2D eigenvalue weighted by molar-refractivity contribution is 7.92. The monoisotopic (exact) mass is 463 g/mol. The van der Waals surface area contributed by atoms with E-state index in [4.69, 9.17) is 0 Å². The van der Waals surface area contributed by atoms with Crippen LogP contribution in [-0.2, 0) is 16.2 Å². The van der Waals surface area contributed by atoms with Crippen LogP contribution in [0.2, 0.25) is 0 Å². The summed E-state index contributed by atoms with van der Waals surface area (Å²) in [7, 11) is -4.03. The molecule has 0 unspecified atom stereocenters. The molecule has 0 bridgehead atoms. The Morgan fingerprint density at radius 1 is 0.875 bits per heavy atom. The van der Waals surface area contributed by atoms with Gasteiger partial charge in [-0.1, -0.05) is 0 Å². The third kappa shape index (κ3) is 5.10. The zero-order valence-corrected chi connectivity index (χ0v) is 17.6. The van der Waals surface area contributed by atoms with Crippen molar-refractivity contribution in [3.63, 3.8) is 0 Å². The zero-order valence-electron chi connectivity index (χ0n) is 16.8. The predicted octanol–water partition coefficient (Wildman–Crippen LogP) is 4.64. The van der Waals surface area contributed by atoms with Gasteiger partial charge in [0, 0.05) is 30.7 Å². The van der Waals surface area contributed by atoms with Crippen molar-refractivity contribution >= 4 is 33.2 Å². The first-order valence-electron chi connectivity index (χ1n) is 9.86. The van der Waals surface area contributed by atoms with Gasteiger partial charge in [0.25, 0.3) is 10.0 Å². The topological polar surface area (TPSA) is 87.2 Å². The van der Waals surface area contributed by atoms with Crippen LogP contribution in [0.5, 0.6) is 0 Å². The lowest BCUT2D eigenvalue weighted by Crippen LogP contribution is -2.20. The fourth-order valence-electron chi connectivity index (χ4n) is 3.29. The second-order valence-corrected chi connectivity index (χ2v) is 8.95. The molecule has 4 rings (SSSR count). The number of halogens is 3. The van der Waals surface area contributed by atoms with Gasteiger partial charge in [0.1, 0.15) is 5.82 Å². The van der Waals surface area contributed by atoms with Crippen LogP contribution in [0.3, 0.4) is 0 Å². The van der Waals surface area contributed by atoms with Gasteiger partial charge in [-0.25, -0.2) is 13.4 Å². The number of nitrogens with zero attached hydrogens (tertiary/aromatic N) is 3. The average Bonchev–Trinajstić information content (AvgIpc) is 3.30. The molecule has 32 heavy (non-hydrogen) atoms. The van der Waals surface area contributed by atoms with E-state index >= 15 is 0 Å². The summed E-state index contributed by atoms with van der Waals surface area (Å²) in [6.45, 7) is 1.86. The predicted molar refractivity (Wildman–Crippen MR) is 115 cm³/mol. The number of sulfonamides is 1. The Morgan fingerprint density at radius 3 is 2.12 bits per heavy atom. The van der Waals surface area contributed by atoms with Gasteiger partial charge < -0.3 is 10.2 Å². The van der Waals surface area contributed by atoms with Gasteiger partial charge in [0.05, 0.1) is 10.5 Å². The number of hydrogen-bond donors (Lipinski definition) is 2. The minimum Gasteiger partial charge on any atom is -0.341 e. The summed E-state index contributed by atoms with van der Waals surface area (Å²) in [6, 6.07) is 11.5. The molecule has 168 valence electrons. The van der Waals surface area contributed by atoms with Crippen LogP contribution in [0, 0.1) is 0 Å². The van der Waals surface area contributed by atoms with Crippen molar-refractivity contribution in [2.45, 2.75) is 23.9 Å². The maximum atomic E-state index is 12.7. The highest BCUT2D eigenvalue weighted by Gasteiger charge is 2.30. The molecular weight excluding hydrogens is 443 g/mol. The van der Waals surface area contributed by atoms with Gasteiger partial charge in [-0.05, 0) is 67.4 Å². The van der Waals surface area contributed by atoms with Gasteiger partial charge in [-0.2, -0.15) is 18.2 Å². The third-order valence-corrected chi connectivity index (χ3v) is 6.33. The van der Waals surface area contributed by atoms with Crippen LogP contribution < -0.4 is 14.9 Å². The number of benzene rings is 2. The summed E-state index contributed by atoms with van der Waals surface area (Å²) in [4.78, 5) is 10.7. The molecule has 2 heterocycles. The van der Waals surface area contributed by atoms with Crippen molar-refractivity contribution < 1.29 is 21.6 Å². The summed E-state index contributed by atoms with van der Waals surface area (Å²) in [5.41, 5.74) is 0.0499. The van der Waals surface area contributed by atoms with Gasteiger partial charge >= 0.3 is 6.18 Å². The number of aromatic nitrogens is 2. The molecule has 3 aromatic rings. The zero-order chi connectivity index (χ0) is 22.8. The van der Waals surface area contributed by atoms with Crippen LogP contribution >= 0.6 is 0 Å². The van der Waals surface area contributed by atoms with Crippen molar-refractivity contribution in [1.82, 2.24) is 9.97 Å². The Hall–Kier alpha value is -3.34. The fourth-order valence-corrected chi connectivity index (χ4v) is 4.35. The molecule has 0 saturated carbocycles. The molecule has 0 amide bonds. The van der Waals surface area contributed by atoms with Gasteiger partial charge in [0.2, 0.25) is 5.95 Å². The lowest BCUT2D eigenvalue weighted by atomic mass is 10.2. The molecule has 1 aliphatic rings. The molecular formula is C21H20F3N5O2S. The second-order valence-electron chi connectivity index (χ2n) is 7.27. The van der Waals surface area contributed by atoms with E-state index in [0.717, 1.165) is 50.2 Å².